The van der Waals surface area contributed by atoms with Gasteiger partial charge in [0.1, 0.15) is 6.04 Å². The number of carbonyl (C=O) groups excluding carboxylic acids is 1. The summed E-state index contributed by atoms with van der Waals surface area (Å²) >= 11 is 0. The van der Waals surface area contributed by atoms with Gasteiger partial charge in [0, 0.05) is 18.4 Å². The van der Waals surface area contributed by atoms with E-state index < -0.39 is 0 Å². The van der Waals surface area contributed by atoms with Crippen LogP contribution < -0.4 is 10.6 Å². The molecule has 5 nitrogen and oxygen atoms in total. The van der Waals surface area contributed by atoms with Gasteiger partial charge in [0.05, 0.1) is 0 Å². The van der Waals surface area contributed by atoms with E-state index >= 15 is 0 Å². The van der Waals surface area contributed by atoms with Crippen LogP contribution in [0.15, 0.2) is 18.5 Å². The maximum atomic E-state index is 11.9. The average Bonchev–Trinajstić information content (AvgIpc) is 2.83. The molecule has 0 bridgehead atoms. The maximum Gasteiger partial charge on any atom is 0.244 e. The summed E-state index contributed by atoms with van der Waals surface area (Å²) in [6.07, 6.45) is 5.52. The Hall–Kier alpha value is -1.36. The Morgan fingerprint density at radius 2 is 2.31 bits per heavy atom. The Balaban J connectivity index is 1.87. The minimum absolute atomic E-state index is 0.0515. The largest absolute Gasteiger partial charge is 0.351 e. The molecule has 0 saturated carbocycles. The van der Waals surface area contributed by atoms with E-state index in [1.165, 1.54) is 0 Å². The highest BCUT2D eigenvalue weighted by atomic mass is 16.2. The third-order valence-electron chi connectivity index (χ3n) is 2.99. The van der Waals surface area contributed by atoms with E-state index in [2.05, 4.69) is 15.7 Å². The fourth-order valence-corrected chi connectivity index (χ4v) is 1.92. The molecular formula is C11H18N4O. The van der Waals surface area contributed by atoms with Crippen molar-refractivity contribution < 1.29 is 4.79 Å². The number of amides is 1. The number of nitrogens with zero attached hydrogens (tertiary/aromatic N) is 2. The number of rotatable bonds is 3. The third-order valence-corrected chi connectivity index (χ3v) is 2.99. The third kappa shape index (κ3) is 2.61. The van der Waals surface area contributed by atoms with Crippen LogP contribution in [0.4, 0.5) is 0 Å². The number of nitrogens with one attached hydrogen (secondary N) is 2. The molecule has 1 aromatic heterocycles. The van der Waals surface area contributed by atoms with Crippen molar-refractivity contribution in [3.05, 3.63) is 18.5 Å². The first-order valence-electron chi connectivity index (χ1n) is 5.77. The molecule has 2 rings (SSSR count). The van der Waals surface area contributed by atoms with Gasteiger partial charge in [0.25, 0.3) is 0 Å². The minimum Gasteiger partial charge on any atom is -0.351 e. The van der Waals surface area contributed by atoms with Crippen molar-refractivity contribution in [2.45, 2.75) is 31.8 Å². The predicted octanol–water partition coefficient (Wildman–Crippen LogP) is 0.312. The number of hydrogen-bond donors (Lipinski definition) is 2. The molecule has 0 aliphatic carbocycles. The van der Waals surface area contributed by atoms with Gasteiger partial charge in [-0.05, 0) is 38.9 Å². The van der Waals surface area contributed by atoms with Crippen LogP contribution in [0.25, 0.3) is 0 Å². The van der Waals surface area contributed by atoms with Gasteiger partial charge in [-0.2, -0.15) is 5.10 Å². The van der Waals surface area contributed by atoms with Crippen LogP contribution in [0, 0.1) is 0 Å². The Labute approximate surface area is 95.2 Å². The van der Waals surface area contributed by atoms with Crippen LogP contribution in [0.1, 0.15) is 25.8 Å². The highest BCUT2D eigenvalue weighted by Crippen LogP contribution is 2.07. The fraction of sp³-hybridized carbons (Fsp3) is 0.636. The van der Waals surface area contributed by atoms with Crippen LogP contribution in [0.3, 0.4) is 0 Å². The standard InChI is InChI=1S/C11H18N4O/c1-9(15-8-2-5-13-15)11(16)14-10-3-6-12-7-4-10/h2,5,8-10,12H,3-4,6-7H2,1H3,(H,14,16). The summed E-state index contributed by atoms with van der Waals surface area (Å²) < 4.78 is 1.68. The van der Waals surface area contributed by atoms with Crippen LogP contribution in [-0.2, 0) is 4.79 Å². The molecule has 1 saturated heterocycles. The quantitative estimate of drug-likeness (QED) is 0.774. The van der Waals surface area contributed by atoms with Crippen LogP contribution in [-0.4, -0.2) is 34.8 Å². The minimum atomic E-state index is -0.232. The molecule has 1 aliphatic rings. The lowest BCUT2D eigenvalue weighted by Crippen LogP contribution is -2.44. The predicted molar refractivity (Wildman–Crippen MR) is 61.0 cm³/mol. The number of carbonyl (C=O) groups is 1. The highest BCUT2D eigenvalue weighted by molar-refractivity contribution is 5.80. The van der Waals surface area contributed by atoms with Gasteiger partial charge >= 0.3 is 0 Å². The summed E-state index contributed by atoms with van der Waals surface area (Å²) in [5.41, 5.74) is 0. The molecule has 1 fully saturated rings. The molecule has 2 heterocycles. The highest BCUT2D eigenvalue weighted by Gasteiger charge is 2.20. The van der Waals surface area contributed by atoms with Crippen molar-refractivity contribution in [2.24, 2.45) is 0 Å². The van der Waals surface area contributed by atoms with E-state index in [1.54, 1.807) is 10.9 Å². The van der Waals surface area contributed by atoms with Gasteiger partial charge in [-0.1, -0.05) is 0 Å². The zero-order valence-corrected chi connectivity index (χ0v) is 9.52. The Morgan fingerprint density at radius 3 is 2.94 bits per heavy atom. The molecule has 0 radical (unpaired) electrons. The lowest BCUT2D eigenvalue weighted by atomic mass is 10.1. The van der Waals surface area contributed by atoms with Crippen molar-refractivity contribution >= 4 is 5.91 Å². The molecule has 88 valence electrons. The SMILES string of the molecule is CC(C(=O)NC1CCNCC1)n1cccn1. The average molecular weight is 222 g/mol. The molecule has 16 heavy (non-hydrogen) atoms. The molecule has 2 N–H and O–H groups in total. The second kappa shape index (κ2) is 5.12. The van der Waals surface area contributed by atoms with E-state index in [4.69, 9.17) is 0 Å². The zero-order valence-electron chi connectivity index (χ0n) is 9.52. The number of aromatic nitrogens is 2. The van der Waals surface area contributed by atoms with E-state index in [9.17, 15) is 4.79 Å². The van der Waals surface area contributed by atoms with Crippen molar-refractivity contribution in [3.8, 4) is 0 Å². The van der Waals surface area contributed by atoms with Crippen molar-refractivity contribution in [1.29, 1.82) is 0 Å². The van der Waals surface area contributed by atoms with Crippen LogP contribution >= 0.6 is 0 Å². The molecule has 1 unspecified atom stereocenters. The molecule has 1 atom stereocenters. The maximum absolute atomic E-state index is 11.9. The van der Waals surface area contributed by atoms with Gasteiger partial charge in [-0.3, -0.25) is 9.48 Å². The Morgan fingerprint density at radius 1 is 1.56 bits per heavy atom. The van der Waals surface area contributed by atoms with E-state index in [0.29, 0.717) is 6.04 Å². The number of piperidine rings is 1. The molecule has 0 aromatic carbocycles. The van der Waals surface area contributed by atoms with Gasteiger partial charge in [0.15, 0.2) is 0 Å². The summed E-state index contributed by atoms with van der Waals surface area (Å²) in [5, 5.41) is 10.4. The molecule has 1 aliphatic heterocycles. The topological polar surface area (TPSA) is 59.0 Å². The zero-order chi connectivity index (χ0) is 11.4. The van der Waals surface area contributed by atoms with E-state index in [0.717, 1.165) is 25.9 Å². The van der Waals surface area contributed by atoms with Gasteiger partial charge < -0.3 is 10.6 Å². The van der Waals surface area contributed by atoms with Crippen LogP contribution in [0.5, 0.6) is 0 Å². The monoisotopic (exact) mass is 222 g/mol. The van der Waals surface area contributed by atoms with Crippen molar-refractivity contribution in [1.82, 2.24) is 20.4 Å². The van der Waals surface area contributed by atoms with Crippen molar-refractivity contribution in [2.75, 3.05) is 13.1 Å². The van der Waals surface area contributed by atoms with E-state index in [-0.39, 0.29) is 11.9 Å². The molecule has 0 spiro atoms. The molecule has 5 heteroatoms. The Kier molecular flexibility index (Phi) is 3.56. The lowest BCUT2D eigenvalue weighted by molar-refractivity contribution is -0.125. The smallest absolute Gasteiger partial charge is 0.244 e. The van der Waals surface area contributed by atoms with Gasteiger partial charge in [-0.15, -0.1) is 0 Å². The van der Waals surface area contributed by atoms with Gasteiger partial charge in [0.2, 0.25) is 5.91 Å². The first kappa shape index (κ1) is 11.1. The van der Waals surface area contributed by atoms with Gasteiger partial charge in [-0.25, -0.2) is 0 Å². The number of hydrogen-bond acceptors (Lipinski definition) is 3. The molecule has 1 aromatic rings. The van der Waals surface area contributed by atoms with Crippen LogP contribution in [0.2, 0.25) is 0 Å². The summed E-state index contributed by atoms with van der Waals surface area (Å²) in [5.74, 6) is 0.0515. The summed E-state index contributed by atoms with van der Waals surface area (Å²) in [7, 11) is 0. The normalized spacial score (nSPS) is 19.3. The summed E-state index contributed by atoms with van der Waals surface area (Å²) in [4.78, 5) is 11.9. The lowest BCUT2D eigenvalue weighted by Gasteiger charge is -2.25. The Bertz CT molecular complexity index is 330. The fourth-order valence-electron chi connectivity index (χ4n) is 1.92. The van der Waals surface area contributed by atoms with Crippen molar-refractivity contribution in [3.63, 3.8) is 0 Å². The van der Waals surface area contributed by atoms with E-state index in [1.807, 2.05) is 19.2 Å². The first-order valence-corrected chi connectivity index (χ1v) is 5.77. The summed E-state index contributed by atoms with van der Waals surface area (Å²) in [6.45, 7) is 3.84. The molecule has 1 amide bonds. The summed E-state index contributed by atoms with van der Waals surface area (Å²) in [6, 6.07) is 1.91. The molecular weight excluding hydrogens is 204 g/mol. The first-order chi connectivity index (χ1) is 7.77. The second-order valence-corrected chi connectivity index (χ2v) is 4.19. The second-order valence-electron chi connectivity index (χ2n) is 4.19.